The lowest BCUT2D eigenvalue weighted by atomic mass is 10.2. The van der Waals surface area contributed by atoms with Crippen molar-refractivity contribution in [3.05, 3.63) is 67.3 Å². The van der Waals surface area contributed by atoms with E-state index in [4.69, 9.17) is 27.9 Å². The molecule has 27 heavy (non-hydrogen) atoms. The Hall–Kier alpha value is -2.61. The molecular formula is C18H11Cl2N3O3S. The summed E-state index contributed by atoms with van der Waals surface area (Å²) in [7, 11) is 1.43. The molecule has 0 saturated carbocycles. The molecule has 1 N–H and O–H groups in total. The van der Waals surface area contributed by atoms with Gasteiger partial charge in [-0.05, 0) is 35.9 Å². The molecule has 6 nitrogen and oxygen atoms in total. The predicted octanol–water partition coefficient (Wildman–Crippen LogP) is 3.39. The van der Waals surface area contributed by atoms with E-state index in [-0.39, 0.29) is 22.1 Å². The number of imidazole rings is 1. The average Bonchev–Trinajstić information content (AvgIpc) is 3.18. The van der Waals surface area contributed by atoms with Crippen LogP contribution < -0.4 is 14.8 Å². The number of aromatic hydroxyl groups is 1. The minimum atomic E-state index is -0.197. The third-order valence-electron chi connectivity index (χ3n) is 3.90. The molecule has 0 spiro atoms. The molecule has 4 aromatic rings. The Morgan fingerprint density at radius 1 is 1.30 bits per heavy atom. The van der Waals surface area contributed by atoms with Crippen LogP contribution in [-0.4, -0.2) is 26.6 Å². The molecule has 0 unspecified atom stereocenters. The maximum Gasteiger partial charge on any atom is 0.274 e. The summed E-state index contributed by atoms with van der Waals surface area (Å²) < 4.78 is 7.06. The zero-order chi connectivity index (χ0) is 19.1. The second kappa shape index (κ2) is 6.84. The lowest BCUT2D eigenvalue weighted by Crippen LogP contribution is -2.22. The highest BCUT2D eigenvalue weighted by Crippen LogP contribution is 2.35. The van der Waals surface area contributed by atoms with Gasteiger partial charge in [-0.1, -0.05) is 34.5 Å². The monoisotopic (exact) mass is 419 g/mol. The van der Waals surface area contributed by atoms with Crippen molar-refractivity contribution >= 4 is 45.6 Å². The molecule has 0 aliphatic heterocycles. The number of benzene rings is 1. The van der Waals surface area contributed by atoms with Crippen LogP contribution in [0.15, 0.2) is 41.5 Å². The standard InChI is InChI=1S/C18H11Cl2N3O3S/c1-26-13-5-9(4-11(19)16(13)24)6-14-17(25)23-8-12(22-18(23)27-14)10-2-3-21-15(20)7-10/h2-8,24H,1H3. The summed E-state index contributed by atoms with van der Waals surface area (Å²) in [6.45, 7) is 0. The van der Waals surface area contributed by atoms with Crippen molar-refractivity contribution in [2.24, 2.45) is 0 Å². The van der Waals surface area contributed by atoms with Gasteiger partial charge in [-0.2, -0.15) is 0 Å². The zero-order valence-corrected chi connectivity index (χ0v) is 16.1. The molecule has 9 heteroatoms. The number of ether oxygens (including phenoxy) is 1. The highest BCUT2D eigenvalue weighted by atomic mass is 35.5. The van der Waals surface area contributed by atoms with Crippen molar-refractivity contribution in [1.29, 1.82) is 0 Å². The number of phenols is 1. The number of halogens is 2. The van der Waals surface area contributed by atoms with Gasteiger partial charge < -0.3 is 9.84 Å². The van der Waals surface area contributed by atoms with Crippen LogP contribution in [0.4, 0.5) is 0 Å². The number of nitrogens with zero attached hydrogens (tertiary/aromatic N) is 3. The molecule has 0 atom stereocenters. The first kappa shape index (κ1) is 17.8. The Kier molecular flexibility index (Phi) is 4.51. The Labute approximate surface area is 166 Å². The summed E-state index contributed by atoms with van der Waals surface area (Å²) in [5.41, 5.74) is 1.86. The van der Waals surface area contributed by atoms with Crippen molar-refractivity contribution < 1.29 is 9.84 Å². The highest BCUT2D eigenvalue weighted by molar-refractivity contribution is 7.15. The van der Waals surface area contributed by atoms with Crippen LogP contribution in [0.2, 0.25) is 10.2 Å². The van der Waals surface area contributed by atoms with Crippen LogP contribution >= 0.6 is 34.5 Å². The topological polar surface area (TPSA) is 76.7 Å². The van der Waals surface area contributed by atoms with Crippen molar-refractivity contribution in [3.8, 4) is 22.8 Å². The van der Waals surface area contributed by atoms with E-state index < -0.39 is 0 Å². The first-order valence-electron chi connectivity index (χ1n) is 7.68. The Bertz CT molecular complexity index is 1280. The molecule has 136 valence electrons. The van der Waals surface area contributed by atoms with Gasteiger partial charge in [0.15, 0.2) is 16.5 Å². The third kappa shape index (κ3) is 3.25. The van der Waals surface area contributed by atoms with Crippen LogP contribution in [0.1, 0.15) is 5.56 Å². The van der Waals surface area contributed by atoms with E-state index in [0.29, 0.717) is 25.9 Å². The van der Waals surface area contributed by atoms with Crippen molar-refractivity contribution in [2.75, 3.05) is 7.11 Å². The number of fused-ring (bicyclic) bond motifs is 1. The lowest BCUT2D eigenvalue weighted by Gasteiger charge is -2.05. The summed E-state index contributed by atoms with van der Waals surface area (Å²) in [5, 5.41) is 10.3. The van der Waals surface area contributed by atoms with Crippen molar-refractivity contribution in [2.45, 2.75) is 0 Å². The number of methoxy groups -OCH3 is 1. The van der Waals surface area contributed by atoms with Gasteiger partial charge in [-0.15, -0.1) is 0 Å². The van der Waals surface area contributed by atoms with Gasteiger partial charge >= 0.3 is 0 Å². The lowest BCUT2D eigenvalue weighted by molar-refractivity contribution is 0.373. The molecule has 0 bridgehead atoms. The zero-order valence-electron chi connectivity index (χ0n) is 13.8. The molecule has 1 aromatic carbocycles. The fourth-order valence-corrected chi connectivity index (χ4v) is 3.97. The van der Waals surface area contributed by atoms with Gasteiger partial charge in [0.05, 0.1) is 22.4 Å². The largest absolute Gasteiger partial charge is 0.503 e. The number of thiazole rings is 1. The summed E-state index contributed by atoms with van der Waals surface area (Å²) >= 11 is 13.2. The number of hydrogen-bond donors (Lipinski definition) is 1. The van der Waals surface area contributed by atoms with Gasteiger partial charge in [0, 0.05) is 18.0 Å². The normalized spacial score (nSPS) is 12.0. The third-order valence-corrected chi connectivity index (χ3v) is 5.37. The molecule has 0 radical (unpaired) electrons. The number of aromatic nitrogens is 3. The van der Waals surface area contributed by atoms with Crippen LogP contribution in [-0.2, 0) is 0 Å². The van der Waals surface area contributed by atoms with E-state index in [1.807, 2.05) is 0 Å². The predicted molar refractivity (Wildman–Crippen MR) is 106 cm³/mol. The summed E-state index contributed by atoms with van der Waals surface area (Å²) in [6, 6.07) is 6.63. The fraction of sp³-hybridized carbons (Fsp3) is 0.0556. The minimum absolute atomic E-state index is 0.139. The van der Waals surface area contributed by atoms with Crippen LogP contribution in [0.3, 0.4) is 0 Å². The Balaban J connectivity index is 1.82. The number of hydrogen-bond acceptors (Lipinski definition) is 6. The second-order valence-electron chi connectivity index (χ2n) is 5.62. The molecule has 0 aliphatic rings. The highest BCUT2D eigenvalue weighted by Gasteiger charge is 2.12. The Morgan fingerprint density at radius 3 is 2.81 bits per heavy atom. The number of rotatable bonds is 3. The van der Waals surface area contributed by atoms with Crippen molar-refractivity contribution in [1.82, 2.24) is 14.4 Å². The summed E-state index contributed by atoms with van der Waals surface area (Å²) in [6.07, 6.45) is 4.93. The van der Waals surface area contributed by atoms with Crippen LogP contribution in [0.5, 0.6) is 11.5 Å². The first-order valence-corrected chi connectivity index (χ1v) is 9.25. The van der Waals surface area contributed by atoms with E-state index in [1.54, 1.807) is 42.7 Å². The quantitative estimate of drug-likeness (QED) is 0.515. The SMILES string of the molecule is COc1cc(C=c2sc3nc(-c4ccnc(Cl)c4)cn3c2=O)cc(Cl)c1O. The van der Waals surface area contributed by atoms with E-state index in [0.717, 1.165) is 5.56 Å². The molecular weight excluding hydrogens is 409 g/mol. The van der Waals surface area contributed by atoms with Gasteiger partial charge in [0.2, 0.25) is 0 Å². The molecule has 3 aromatic heterocycles. The summed E-state index contributed by atoms with van der Waals surface area (Å²) in [5.74, 6) is 0.0969. The Morgan fingerprint density at radius 2 is 2.11 bits per heavy atom. The second-order valence-corrected chi connectivity index (χ2v) is 7.42. The molecule has 0 aliphatic carbocycles. The van der Waals surface area contributed by atoms with Crippen LogP contribution in [0.25, 0.3) is 22.3 Å². The number of pyridine rings is 1. The van der Waals surface area contributed by atoms with Gasteiger partial charge in [0.1, 0.15) is 5.15 Å². The van der Waals surface area contributed by atoms with E-state index >= 15 is 0 Å². The minimum Gasteiger partial charge on any atom is -0.503 e. The van der Waals surface area contributed by atoms with Crippen LogP contribution in [0, 0.1) is 0 Å². The molecule has 3 heterocycles. The molecule has 0 saturated heterocycles. The summed E-state index contributed by atoms with van der Waals surface area (Å²) in [4.78, 5) is 21.7. The van der Waals surface area contributed by atoms with Gasteiger partial charge in [0.25, 0.3) is 5.56 Å². The van der Waals surface area contributed by atoms with Gasteiger partial charge in [-0.3, -0.25) is 9.20 Å². The number of phenolic OH excluding ortho intramolecular Hbond substituents is 1. The average molecular weight is 420 g/mol. The molecule has 0 fully saturated rings. The smallest absolute Gasteiger partial charge is 0.274 e. The molecule has 0 amide bonds. The van der Waals surface area contributed by atoms with E-state index in [2.05, 4.69) is 9.97 Å². The molecule has 4 rings (SSSR count). The maximum absolute atomic E-state index is 12.7. The van der Waals surface area contributed by atoms with Crippen molar-refractivity contribution in [3.63, 3.8) is 0 Å². The first-order chi connectivity index (χ1) is 13.0. The van der Waals surface area contributed by atoms with E-state index in [1.165, 1.54) is 22.8 Å². The maximum atomic E-state index is 12.7. The van der Waals surface area contributed by atoms with Gasteiger partial charge in [-0.25, -0.2) is 9.97 Å². The van der Waals surface area contributed by atoms with E-state index in [9.17, 15) is 9.90 Å². The fourth-order valence-electron chi connectivity index (χ4n) is 2.62.